The van der Waals surface area contributed by atoms with E-state index in [4.69, 9.17) is 17.3 Å². The van der Waals surface area contributed by atoms with Crippen LogP contribution in [0.15, 0.2) is 10.5 Å². The van der Waals surface area contributed by atoms with Gasteiger partial charge in [0.1, 0.15) is 4.34 Å². The van der Waals surface area contributed by atoms with E-state index in [2.05, 4.69) is 40.7 Å². The summed E-state index contributed by atoms with van der Waals surface area (Å²) in [5.74, 6) is 0. The first-order valence-electron chi connectivity index (χ1n) is 6.82. The highest BCUT2D eigenvalue weighted by Gasteiger charge is 2.28. The summed E-state index contributed by atoms with van der Waals surface area (Å²) in [5.41, 5.74) is 6.48. The summed E-state index contributed by atoms with van der Waals surface area (Å²) in [6.07, 6.45) is 3.79. The summed E-state index contributed by atoms with van der Waals surface area (Å²) in [7, 11) is 0. The van der Waals surface area contributed by atoms with Crippen LogP contribution in [0.1, 0.15) is 44.0 Å². The minimum absolute atomic E-state index is 0.308. The van der Waals surface area contributed by atoms with E-state index >= 15 is 0 Å². The van der Waals surface area contributed by atoms with E-state index in [0.29, 0.717) is 18.0 Å². The van der Waals surface area contributed by atoms with Crippen molar-refractivity contribution in [2.45, 2.75) is 39.2 Å². The summed E-state index contributed by atoms with van der Waals surface area (Å²) in [5, 5.41) is 0. The third-order valence-electron chi connectivity index (χ3n) is 4.03. The highest BCUT2D eigenvalue weighted by Crippen LogP contribution is 2.38. The summed E-state index contributed by atoms with van der Waals surface area (Å²) in [6, 6.07) is 2.43. The molecule has 1 aromatic heterocycles. The number of nitrogens with zero attached hydrogens (tertiary/aromatic N) is 1. The molecule has 1 unspecified atom stereocenters. The predicted octanol–water partition coefficient (Wildman–Crippen LogP) is 4.68. The first-order valence-corrected chi connectivity index (χ1v) is 8.80. The van der Waals surface area contributed by atoms with Crippen molar-refractivity contribution in [2.24, 2.45) is 11.1 Å². The fourth-order valence-corrected chi connectivity index (χ4v) is 4.61. The molecule has 0 radical (unpaired) electrons. The Bertz CT molecular complexity index is 414. The number of thiophene rings is 1. The maximum absolute atomic E-state index is 6.16. The van der Waals surface area contributed by atoms with Crippen LogP contribution in [-0.2, 0) is 0 Å². The van der Waals surface area contributed by atoms with Crippen LogP contribution in [0.3, 0.4) is 0 Å². The lowest BCUT2D eigenvalue weighted by Gasteiger charge is -2.29. The van der Waals surface area contributed by atoms with Crippen molar-refractivity contribution in [1.82, 2.24) is 4.90 Å². The number of hydrogen-bond donors (Lipinski definition) is 1. The lowest BCUT2D eigenvalue weighted by atomic mass is 9.85. The van der Waals surface area contributed by atoms with Gasteiger partial charge in [-0.15, -0.1) is 11.3 Å². The molecule has 0 aliphatic carbocycles. The van der Waals surface area contributed by atoms with Crippen LogP contribution in [0, 0.1) is 5.41 Å². The molecule has 0 amide bonds. The molecule has 2 N–H and O–H groups in total. The lowest BCUT2D eigenvalue weighted by Crippen LogP contribution is -2.34. The van der Waals surface area contributed by atoms with E-state index in [0.717, 1.165) is 21.9 Å². The van der Waals surface area contributed by atoms with Gasteiger partial charge in [-0.25, -0.2) is 0 Å². The molecule has 1 aromatic rings. The molecule has 0 bridgehead atoms. The molecule has 108 valence electrons. The summed E-state index contributed by atoms with van der Waals surface area (Å²) >= 11 is 11.3. The Kier molecular flexibility index (Phi) is 5.34. The molecule has 19 heavy (non-hydrogen) atoms. The molecule has 1 saturated heterocycles. The van der Waals surface area contributed by atoms with Gasteiger partial charge >= 0.3 is 0 Å². The average molecular weight is 366 g/mol. The molecule has 0 aromatic carbocycles. The Hall–Kier alpha value is 0.390. The van der Waals surface area contributed by atoms with Crippen LogP contribution in [0.2, 0.25) is 4.34 Å². The van der Waals surface area contributed by atoms with Gasteiger partial charge < -0.3 is 5.73 Å². The third kappa shape index (κ3) is 3.94. The second-order valence-electron chi connectivity index (χ2n) is 6.08. The van der Waals surface area contributed by atoms with Crippen molar-refractivity contribution in [3.05, 3.63) is 19.8 Å². The van der Waals surface area contributed by atoms with Crippen molar-refractivity contribution in [2.75, 3.05) is 19.6 Å². The van der Waals surface area contributed by atoms with Gasteiger partial charge in [-0.05, 0) is 59.8 Å². The monoisotopic (exact) mass is 364 g/mol. The Morgan fingerprint density at radius 1 is 1.47 bits per heavy atom. The van der Waals surface area contributed by atoms with Crippen molar-refractivity contribution in [3.8, 4) is 0 Å². The van der Waals surface area contributed by atoms with E-state index in [9.17, 15) is 0 Å². The van der Waals surface area contributed by atoms with Gasteiger partial charge in [0.15, 0.2) is 0 Å². The fourth-order valence-electron chi connectivity index (χ4n) is 2.73. The van der Waals surface area contributed by atoms with Crippen molar-refractivity contribution in [3.63, 3.8) is 0 Å². The molecule has 2 nitrogen and oxygen atoms in total. The van der Waals surface area contributed by atoms with Crippen molar-refractivity contribution < 1.29 is 0 Å². The molecule has 0 spiro atoms. The Balaban J connectivity index is 2.13. The zero-order valence-electron chi connectivity index (χ0n) is 11.6. The molecule has 1 aliphatic heterocycles. The van der Waals surface area contributed by atoms with Gasteiger partial charge in [-0.3, -0.25) is 4.90 Å². The molecule has 1 aliphatic rings. The molecule has 1 atom stereocenters. The van der Waals surface area contributed by atoms with Gasteiger partial charge in [0.05, 0.1) is 6.04 Å². The van der Waals surface area contributed by atoms with Crippen LogP contribution in [-0.4, -0.2) is 24.5 Å². The zero-order chi connectivity index (χ0) is 14.0. The molecule has 0 saturated carbocycles. The van der Waals surface area contributed by atoms with E-state index in [1.54, 1.807) is 11.3 Å². The summed E-state index contributed by atoms with van der Waals surface area (Å²) in [6.45, 7) is 7.66. The Labute approximate surface area is 133 Å². The quantitative estimate of drug-likeness (QED) is 0.843. The maximum atomic E-state index is 6.16. The van der Waals surface area contributed by atoms with Crippen LogP contribution >= 0.6 is 38.9 Å². The standard InChI is InChI=1S/C14H22BrClN2S/c1-14(2)4-3-6-18(7-5-14)11(9-17)12-8-10(15)13(16)19-12/h8,11H,3-7,9,17H2,1-2H3. The molecular formula is C14H22BrClN2S. The van der Waals surface area contributed by atoms with Crippen LogP contribution in [0.4, 0.5) is 0 Å². The number of halogens is 2. The predicted molar refractivity (Wildman–Crippen MR) is 88.0 cm³/mol. The number of likely N-dealkylation sites (tertiary alicyclic amines) is 1. The number of rotatable bonds is 3. The topological polar surface area (TPSA) is 29.3 Å². The second-order valence-corrected chi connectivity index (χ2v) is 8.62. The number of nitrogens with two attached hydrogens (primary N) is 1. The highest BCUT2D eigenvalue weighted by atomic mass is 79.9. The third-order valence-corrected chi connectivity index (χ3v) is 6.61. The Morgan fingerprint density at radius 2 is 2.21 bits per heavy atom. The first-order chi connectivity index (χ1) is 8.93. The normalized spacial score (nSPS) is 22.2. The van der Waals surface area contributed by atoms with E-state index in [1.807, 2.05) is 0 Å². The minimum atomic E-state index is 0.308. The van der Waals surface area contributed by atoms with E-state index in [1.165, 1.54) is 24.1 Å². The molecule has 2 heterocycles. The van der Waals surface area contributed by atoms with E-state index in [-0.39, 0.29) is 0 Å². The zero-order valence-corrected chi connectivity index (χ0v) is 14.7. The maximum Gasteiger partial charge on any atom is 0.107 e. The molecule has 1 fully saturated rings. The van der Waals surface area contributed by atoms with Crippen molar-refractivity contribution in [1.29, 1.82) is 0 Å². The molecule has 5 heteroatoms. The van der Waals surface area contributed by atoms with Gasteiger partial charge in [-0.2, -0.15) is 0 Å². The minimum Gasteiger partial charge on any atom is -0.329 e. The lowest BCUT2D eigenvalue weighted by molar-refractivity contribution is 0.202. The number of hydrogen-bond acceptors (Lipinski definition) is 3. The average Bonchev–Trinajstić information content (AvgIpc) is 2.56. The van der Waals surface area contributed by atoms with Crippen LogP contribution in [0.5, 0.6) is 0 Å². The molecular weight excluding hydrogens is 344 g/mol. The van der Waals surface area contributed by atoms with Gasteiger partial charge in [0.25, 0.3) is 0 Å². The smallest absolute Gasteiger partial charge is 0.107 e. The highest BCUT2D eigenvalue weighted by molar-refractivity contribution is 9.10. The van der Waals surface area contributed by atoms with Gasteiger partial charge in [0.2, 0.25) is 0 Å². The SMILES string of the molecule is CC1(C)CCCN(C(CN)c2cc(Br)c(Cl)s2)CC1. The Morgan fingerprint density at radius 3 is 2.79 bits per heavy atom. The first kappa shape index (κ1) is 15.8. The summed E-state index contributed by atoms with van der Waals surface area (Å²) < 4.78 is 1.81. The van der Waals surface area contributed by atoms with Gasteiger partial charge in [0, 0.05) is 15.9 Å². The van der Waals surface area contributed by atoms with Crippen LogP contribution in [0.25, 0.3) is 0 Å². The van der Waals surface area contributed by atoms with Crippen LogP contribution < -0.4 is 5.73 Å². The molecule has 2 rings (SSSR count). The fraction of sp³-hybridized carbons (Fsp3) is 0.714. The second kappa shape index (κ2) is 6.44. The summed E-state index contributed by atoms with van der Waals surface area (Å²) in [4.78, 5) is 3.81. The largest absolute Gasteiger partial charge is 0.329 e. The van der Waals surface area contributed by atoms with Crippen molar-refractivity contribution >= 4 is 38.9 Å². The van der Waals surface area contributed by atoms with E-state index < -0.39 is 0 Å². The van der Waals surface area contributed by atoms with Gasteiger partial charge in [-0.1, -0.05) is 25.4 Å².